The molecule has 0 aliphatic heterocycles. The molecule has 3 N–H and O–H groups in total. The molecule has 1 aromatic heterocycles. The zero-order chi connectivity index (χ0) is 19.8. The van der Waals surface area contributed by atoms with Crippen LogP contribution in [-0.2, 0) is 11.3 Å². The van der Waals surface area contributed by atoms with E-state index in [0.717, 1.165) is 29.9 Å². The normalized spacial score (nSPS) is 14.8. The number of hydrogen-bond donors (Lipinski definition) is 3. The lowest BCUT2D eigenvalue weighted by Gasteiger charge is -2.24. The fraction of sp³-hybridized carbons (Fsp3) is 0.476. The highest BCUT2D eigenvalue weighted by Crippen LogP contribution is 2.17. The first kappa shape index (κ1) is 23.2. The number of aromatic nitrogens is 2. The van der Waals surface area contributed by atoms with E-state index in [1.54, 1.807) is 7.05 Å². The van der Waals surface area contributed by atoms with Crippen molar-refractivity contribution in [2.45, 2.75) is 44.7 Å². The smallest absolute Gasteiger partial charge is 0.239 e. The van der Waals surface area contributed by atoms with E-state index in [9.17, 15) is 4.79 Å². The van der Waals surface area contributed by atoms with Crippen LogP contribution in [0, 0.1) is 0 Å². The molecular weight excluding hydrogens is 479 g/mol. The molecule has 1 fully saturated rings. The average Bonchev–Trinajstić information content (AvgIpc) is 3.18. The summed E-state index contributed by atoms with van der Waals surface area (Å²) in [7, 11) is 3.65. The minimum absolute atomic E-state index is 0. The van der Waals surface area contributed by atoms with Gasteiger partial charge in [0.15, 0.2) is 5.96 Å². The number of aromatic amines is 1. The van der Waals surface area contributed by atoms with Crippen molar-refractivity contribution in [3.05, 3.63) is 42.4 Å². The van der Waals surface area contributed by atoms with E-state index < -0.39 is 0 Å². The van der Waals surface area contributed by atoms with Gasteiger partial charge in [0, 0.05) is 20.1 Å². The fourth-order valence-corrected chi connectivity index (χ4v) is 3.58. The summed E-state index contributed by atoms with van der Waals surface area (Å²) in [6, 6.07) is 10.4. The monoisotopic (exact) mass is 510 g/mol. The molecular formula is C21H31IN6O. The summed E-state index contributed by atoms with van der Waals surface area (Å²) in [5.41, 5.74) is 2.09. The zero-order valence-electron chi connectivity index (χ0n) is 17.1. The molecule has 0 unspecified atom stereocenters. The number of carbonyl (C=O) groups is 1. The van der Waals surface area contributed by atoms with Crippen LogP contribution in [0.2, 0.25) is 0 Å². The minimum Gasteiger partial charge on any atom is -0.352 e. The van der Waals surface area contributed by atoms with Crippen LogP contribution in [0.15, 0.2) is 41.5 Å². The Labute approximate surface area is 189 Å². The summed E-state index contributed by atoms with van der Waals surface area (Å²) < 4.78 is 0. The van der Waals surface area contributed by atoms with E-state index in [1.807, 2.05) is 48.5 Å². The predicted molar refractivity (Wildman–Crippen MR) is 127 cm³/mol. The molecule has 0 saturated heterocycles. The van der Waals surface area contributed by atoms with Crippen molar-refractivity contribution in [1.82, 2.24) is 25.5 Å². The number of aliphatic imine (C=N–C) groups is 1. The number of amides is 1. The highest BCUT2D eigenvalue weighted by atomic mass is 127. The van der Waals surface area contributed by atoms with Gasteiger partial charge in [0.1, 0.15) is 5.82 Å². The Morgan fingerprint density at radius 1 is 1.24 bits per heavy atom. The lowest BCUT2D eigenvalue weighted by atomic mass is 9.95. The molecule has 7 nitrogen and oxygen atoms in total. The quantitative estimate of drug-likeness (QED) is 0.317. The van der Waals surface area contributed by atoms with Crippen LogP contribution in [-0.4, -0.2) is 53.4 Å². The highest BCUT2D eigenvalue weighted by molar-refractivity contribution is 14.0. The number of benzene rings is 1. The van der Waals surface area contributed by atoms with Gasteiger partial charge in [0.25, 0.3) is 0 Å². The number of hydrogen-bond acceptors (Lipinski definition) is 3. The number of H-pyrrole nitrogens is 1. The summed E-state index contributed by atoms with van der Waals surface area (Å²) in [5, 5.41) is 6.25. The van der Waals surface area contributed by atoms with Crippen molar-refractivity contribution in [2.24, 2.45) is 4.99 Å². The molecule has 0 atom stereocenters. The van der Waals surface area contributed by atoms with Gasteiger partial charge < -0.3 is 20.5 Å². The molecule has 0 bridgehead atoms. The molecule has 1 saturated carbocycles. The van der Waals surface area contributed by atoms with Crippen LogP contribution in [0.4, 0.5) is 0 Å². The molecule has 0 radical (unpaired) electrons. The maximum atomic E-state index is 12.2. The van der Waals surface area contributed by atoms with E-state index in [-0.39, 0.29) is 36.4 Å². The van der Waals surface area contributed by atoms with Gasteiger partial charge in [0.05, 0.1) is 25.0 Å². The summed E-state index contributed by atoms with van der Waals surface area (Å²) in [6.45, 7) is 0.789. The molecule has 8 heteroatoms. The van der Waals surface area contributed by atoms with E-state index in [2.05, 4.69) is 25.6 Å². The summed E-state index contributed by atoms with van der Waals surface area (Å²) in [4.78, 5) is 26.2. The first-order valence-corrected chi connectivity index (χ1v) is 9.96. The Balaban J connectivity index is 0.00000300. The molecule has 158 valence electrons. The molecule has 2 aromatic rings. The van der Waals surface area contributed by atoms with Crippen molar-refractivity contribution < 1.29 is 4.79 Å². The maximum Gasteiger partial charge on any atom is 0.239 e. The van der Waals surface area contributed by atoms with Crippen molar-refractivity contribution in [3.63, 3.8) is 0 Å². The molecule has 0 spiro atoms. The summed E-state index contributed by atoms with van der Waals surface area (Å²) in [5.74, 6) is 1.53. The third kappa shape index (κ3) is 7.02. The van der Waals surface area contributed by atoms with E-state index in [1.165, 1.54) is 19.3 Å². The standard InChI is InChI=1S/C21H30N6O.HI/c1-22-21(24-14-20(28)25-17-11-7-4-8-12-17)27(2)15-19-23-13-18(26-19)16-9-5-3-6-10-16;/h3,5-6,9-10,13,17H,4,7-8,11-12,14-15H2,1-2H3,(H,22,24)(H,23,26)(H,25,28);1H. The molecule has 1 aliphatic carbocycles. The van der Waals surface area contributed by atoms with Crippen LogP contribution in [0.25, 0.3) is 11.3 Å². The Morgan fingerprint density at radius 2 is 1.97 bits per heavy atom. The molecule has 1 amide bonds. The molecule has 1 aromatic carbocycles. The zero-order valence-corrected chi connectivity index (χ0v) is 19.5. The lowest BCUT2D eigenvalue weighted by molar-refractivity contribution is -0.120. The Kier molecular flexibility index (Phi) is 9.43. The number of halogens is 1. The fourth-order valence-electron chi connectivity index (χ4n) is 3.58. The largest absolute Gasteiger partial charge is 0.352 e. The van der Waals surface area contributed by atoms with Crippen LogP contribution in [0.1, 0.15) is 37.9 Å². The van der Waals surface area contributed by atoms with Gasteiger partial charge in [-0.2, -0.15) is 0 Å². The number of imidazole rings is 1. The lowest BCUT2D eigenvalue weighted by Crippen LogP contribution is -2.46. The number of rotatable bonds is 6. The topological polar surface area (TPSA) is 85.4 Å². The first-order chi connectivity index (χ1) is 13.7. The molecule has 29 heavy (non-hydrogen) atoms. The van der Waals surface area contributed by atoms with Gasteiger partial charge in [-0.05, 0) is 18.4 Å². The highest BCUT2D eigenvalue weighted by Gasteiger charge is 2.16. The van der Waals surface area contributed by atoms with Crippen molar-refractivity contribution in [3.8, 4) is 11.3 Å². The second-order valence-electron chi connectivity index (χ2n) is 7.27. The number of nitrogens with zero attached hydrogens (tertiary/aromatic N) is 3. The van der Waals surface area contributed by atoms with Gasteiger partial charge in [-0.25, -0.2) is 4.98 Å². The number of carbonyl (C=O) groups excluding carboxylic acids is 1. The van der Waals surface area contributed by atoms with Gasteiger partial charge in [-0.3, -0.25) is 9.79 Å². The maximum absolute atomic E-state index is 12.2. The molecule has 1 heterocycles. The van der Waals surface area contributed by atoms with Crippen molar-refractivity contribution >= 4 is 35.8 Å². The SMILES string of the molecule is CN=C(NCC(=O)NC1CCCCC1)N(C)Cc1ncc(-c2ccccc2)[nH]1.I. The van der Waals surface area contributed by atoms with Gasteiger partial charge in [0.2, 0.25) is 5.91 Å². The van der Waals surface area contributed by atoms with E-state index >= 15 is 0 Å². The Bertz CT molecular complexity index is 785. The van der Waals surface area contributed by atoms with Gasteiger partial charge >= 0.3 is 0 Å². The minimum atomic E-state index is 0. The summed E-state index contributed by atoms with van der Waals surface area (Å²) in [6.07, 6.45) is 7.70. The Morgan fingerprint density at radius 3 is 2.66 bits per heavy atom. The van der Waals surface area contributed by atoms with Crippen LogP contribution in [0.3, 0.4) is 0 Å². The third-order valence-electron chi connectivity index (χ3n) is 5.05. The van der Waals surface area contributed by atoms with E-state index in [0.29, 0.717) is 18.5 Å². The summed E-state index contributed by atoms with van der Waals surface area (Å²) >= 11 is 0. The second-order valence-corrected chi connectivity index (χ2v) is 7.27. The third-order valence-corrected chi connectivity index (χ3v) is 5.05. The van der Waals surface area contributed by atoms with Crippen LogP contribution >= 0.6 is 24.0 Å². The number of guanidine groups is 1. The second kappa shape index (κ2) is 11.8. The van der Waals surface area contributed by atoms with Gasteiger partial charge in [-0.15, -0.1) is 24.0 Å². The predicted octanol–water partition coefficient (Wildman–Crippen LogP) is 3.15. The van der Waals surface area contributed by atoms with Crippen molar-refractivity contribution in [1.29, 1.82) is 0 Å². The Hall–Kier alpha value is -2.10. The van der Waals surface area contributed by atoms with Crippen LogP contribution < -0.4 is 10.6 Å². The molecule has 3 rings (SSSR count). The van der Waals surface area contributed by atoms with Crippen LogP contribution in [0.5, 0.6) is 0 Å². The average molecular weight is 510 g/mol. The van der Waals surface area contributed by atoms with Gasteiger partial charge in [-0.1, -0.05) is 49.6 Å². The first-order valence-electron chi connectivity index (χ1n) is 9.96. The van der Waals surface area contributed by atoms with E-state index in [4.69, 9.17) is 0 Å². The number of nitrogens with one attached hydrogen (secondary N) is 3. The van der Waals surface area contributed by atoms with Crippen molar-refractivity contribution in [2.75, 3.05) is 20.6 Å². The molecule has 1 aliphatic rings.